The summed E-state index contributed by atoms with van der Waals surface area (Å²) in [5, 5.41) is 2.58. The zero-order valence-electron chi connectivity index (χ0n) is 10.6. The van der Waals surface area contributed by atoms with Gasteiger partial charge < -0.3 is 16.0 Å². The molecule has 0 saturated carbocycles. The monoisotopic (exact) mass is 272 g/mol. The smallest absolute Gasteiger partial charge is 0.254 e. The molecule has 1 amide bonds. The summed E-state index contributed by atoms with van der Waals surface area (Å²) < 4.78 is 13.8. The van der Waals surface area contributed by atoms with Crippen LogP contribution in [-0.2, 0) is 6.54 Å². The lowest BCUT2D eigenvalue weighted by atomic mass is 10.1. The van der Waals surface area contributed by atoms with Gasteiger partial charge in [0.25, 0.3) is 5.91 Å². The number of nitrogens with one attached hydrogen (secondary N) is 2. The van der Waals surface area contributed by atoms with Crippen LogP contribution in [0.2, 0.25) is 0 Å². The Hall–Kier alpha value is -2.65. The van der Waals surface area contributed by atoms with E-state index in [1.54, 1.807) is 18.5 Å². The van der Waals surface area contributed by atoms with Gasteiger partial charge in [0.05, 0.1) is 18.7 Å². The number of aromatic amines is 1. The molecule has 5 nitrogen and oxygen atoms in total. The molecule has 0 atom stereocenters. The molecular weight excluding hydrogens is 259 g/mol. The molecule has 6 heteroatoms. The summed E-state index contributed by atoms with van der Waals surface area (Å²) in [4.78, 5) is 18.6. The first-order chi connectivity index (χ1) is 9.70. The predicted molar refractivity (Wildman–Crippen MR) is 72.1 cm³/mol. The van der Waals surface area contributed by atoms with Crippen LogP contribution in [0.5, 0.6) is 0 Å². The third-order valence-corrected chi connectivity index (χ3v) is 2.52. The van der Waals surface area contributed by atoms with E-state index >= 15 is 0 Å². The number of amides is 1. The molecule has 102 valence electrons. The number of rotatable bonds is 3. The number of nitrogens with two attached hydrogens (primary N) is 1. The summed E-state index contributed by atoms with van der Waals surface area (Å²) in [5.41, 5.74) is 5.69. The summed E-state index contributed by atoms with van der Waals surface area (Å²) in [6.07, 6.45) is 3.22. The largest absolute Gasteiger partial charge is 0.347 e. The van der Waals surface area contributed by atoms with Gasteiger partial charge in [0.1, 0.15) is 11.6 Å². The van der Waals surface area contributed by atoms with Crippen LogP contribution in [0.3, 0.4) is 0 Å². The Labute approximate surface area is 115 Å². The predicted octanol–water partition coefficient (Wildman–Crippen LogP) is 0.789. The van der Waals surface area contributed by atoms with Crippen molar-refractivity contribution in [2.45, 2.75) is 6.54 Å². The van der Waals surface area contributed by atoms with Gasteiger partial charge in [0, 0.05) is 18.0 Å². The average molecular weight is 272 g/mol. The van der Waals surface area contributed by atoms with E-state index in [-0.39, 0.29) is 18.7 Å². The molecule has 1 heterocycles. The van der Waals surface area contributed by atoms with Gasteiger partial charge in [0.2, 0.25) is 0 Å². The molecule has 2 rings (SSSR count). The fraction of sp³-hybridized carbons (Fsp3) is 0.143. The van der Waals surface area contributed by atoms with Gasteiger partial charge in [-0.15, -0.1) is 0 Å². The first-order valence-corrected chi connectivity index (χ1v) is 5.95. The Bertz CT molecular complexity index is 656. The fourth-order valence-electron chi connectivity index (χ4n) is 1.58. The molecule has 2 aromatic rings. The van der Waals surface area contributed by atoms with Gasteiger partial charge in [-0.05, 0) is 18.2 Å². The van der Waals surface area contributed by atoms with Gasteiger partial charge in [0.15, 0.2) is 0 Å². The van der Waals surface area contributed by atoms with Crippen LogP contribution in [0, 0.1) is 17.7 Å². The van der Waals surface area contributed by atoms with Crippen molar-refractivity contribution in [3.63, 3.8) is 0 Å². The Morgan fingerprint density at radius 1 is 1.50 bits per heavy atom. The maximum atomic E-state index is 13.8. The Morgan fingerprint density at radius 3 is 3.00 bits per heavy atom. The summed E-state index contributed by atoms with van der Waals surface area (Å²) in [5.74, 6) is 4.81. The van der Waals surface area contributed by atoms with Crippen molar-refractivity contribution in [3.8, 4) is 11.8 Å². The zero-order valence-corrected chi connectivity index (χ0v) is 10.6. The second kappa shape index (κ2) is 6.50. The number of hydrogen-bond acceptors (Lipinski definition) is 3. The van der Waals surface area contributed by atoms with Crippen LogP contribution >= 0.6 is 0 Å². The number of aromatic nitrogens is 2. The molecule has 4 N–H and O–H groups in total. The number of hydrogen-bond donors (Lipinski definition) is 3. The standard InChI is InChI=1S/C14H13FN4O/c15-12-8-10(2-1-5-16)3-4-11(12)14(20)19-9-13-17-6-7-18-13/h3-4,6-8H,5,9,16H2,(H,17,18)(H,19,20). The van der Waals surface area contributed by atoms with E-state index in [9.17, 15) is 9.18 Å². The highest BCUT2D eigenvalue weighted by Crippen LogP contribution is 2.10. The number of H-pyrrole nitrogens is 1. The SMILES string of the molecule is NCC#Cc1ccc(C(=O)NCc2ncc[nH]2)c(F)c1. The first-order valence-electron chi connectivity index (χ1n) is 5.95. The van der Waals surface area contributed by atoms with Gasteiger partial charge in [-0.3, -0.25) is 4.79 Å². The Kier molecular flexibility index (Phi) is 4.47. The normalized spacial score (nSPS) is 9.70. The minimum Gasteiger partial charge on any atom is -0.347 e. The summed E-state index contributed by atoms with van der Waals surface area (Å²) in [6.45, 7) is 0.410. The minimum absolute atomic E-state index is 0.0325. The molecule has 1 aromatic heterocycles. The molecule has 0 saturated heterocycles. The molecule has 0 fully saturated rings. The van der Waals surface area contributed by atoms with E-state index in [1.807, 2.05) is 0 Å². The lowest BCUT2D eigenvalue weighted by Crippen LogP contribution is -2.24. The summed E-state index contributed by atoms with van der Waals surface area (Å²) in [6, 6.07) is 4.19. The number of benzene rings is 1. The van der Waals surface area contributed by atoms with Crippen molar-refractivity contribution in [2.75, 3.05) is 6.54 Å². The highest BCUT2D eigenvalue weighted by molar-refractivity contribution is 5.94. The van der Waals surface area contributed by atoms with E-state index in [0.29, 0.717) is 11.4 Å². The number of nitrogens with zero attached hydrogens (tertiary/aromatic N) is 1. The van der Waals surface area contributed by atoms with E-state index in [0.717, 1.165) is 0 Å². The van der Waals surface area contributed by atoms with Crippen molar-refractivity contribution < 1.29 is 9.18 Å². The minimum atomic E-state index is -0.620. The summed E-state index contributed by atoms with van der Waals surface area (Å²) >= 11 is 0. The fourth-order valence-corrected chi connectivity index (χ4v) is 1.58. The van der Waals surface area contributed by atoms with Crippen LogP contribution in [0.25, 0.3) is 0 Å². The lowest BCUT2D eigenvalue weighted by molar-refractivity contribution is 0.0946. The molecule has 0 aliphatic heterocycles. The van der Waals surface area contributed by atoms with Crippen LogP contribution in [0.1, 0.15) is 21.7 Å². The molecule has 0 bridgehead atoms. The Morgan fingerprint density at radius 2 is 2.35 bits per heavy atom. The zero-order chi connectivity index (χ0) is 14.4. The molecule has 0 radical (unpaired) electrons. The molecule has 0 spiro atoms. The van der Waals surface area contributed by atoms with Crippen LogP contribution in [0.4, 0.5) is 4.39 Å². The average Bonchev–Trinajstić information content (AvgIpc) is 2.96. The maximum Gasteiger partial charge on any atom is 0.254 e. The maximum absolute atomic E-state index is 13.8. The summed E-state index contributed by atoms with van der Waals surface area (Å²) in [7, 11) is 0. The van der Waals surface area contributed by atoms with Crippen molar-refractivity contribution in [1.82, 2.24) is 15.3 Å². The highest BCUT2D eigenvalue weighted by Gasteiger charge is 2.11. The number of carbonyl (C=O) groups excluding carboxylic acids is 1. The van der Waals surface area contributed by atoms with Crippen LogP contribution in [0.15, 0.2) is 30.6 Å². The molecule has 20 heavy (non-hydrogen) atoms. The van der Waals surface area contributed by atoms with E-state index < -0.39 is 11.7 Å². The quantitative estimate of drug-likeness (QED) is 0.722. The van der Waals surface area contributed by atoms with Crippen molar-refractivity contribution in [2.24, 2.45) is 5.73 Å². The molecule has 1 aromatic carbocycles. The number of imidazole rings is 1. The highest BCUT2D eigenvalue weighted by atomic mass is 19.1. The third-order valence-electron chi connectivity index (χ3n) is 2.52. The van der Waals surface area contributed by atoms with E-state index in [2.05, 4.69) is 27.1 Å². The van der Waals surface area contributed by atoms with Crippen LogP contribution in [-0.4, -0.2) is 22.4 Å². The van der Waals surface area contributed by atoms with Crippen molar-refractivity contribution >= 4 is 5.91 Å². The molecule has 0 unspecified atom stereocenters. The number of halogens is 1. The molecule has 0 aliphatic carbocycles. The van der Waals surface area contributed by atoms with Gasteiger partial charge >= 0.3 is 0 Å². The third kappa shape index (κ3) is 3.43. The second-order valence-electron chi connectivity index (χ2n) is 3.92. The molecular formula is C14H13FN4O. The topological polar surface area (TPSA) is 83.8 Å². The van der Waals surface area contributed by atoms with E-state index in [4.69, 9.17) is 5.73 Å². The Balaban J connectivity index is 2.06. The van der Waals surface area contributed by atoms with Gasteiger partial charge in [-0.1, -0.05) is 11.8 Å². The first kappa shape index (κ1) is 13.8. The van der Waals surface area contributed by atoms with Crippen LogP contribution < -0.4 is 11.1 Å². The van der Waals surface area contributed by atoms with Crippen molar-refractivity contribution in [3.05, 3.63) is 53.4 Å². The van der Waals surface area contributed by atoms with E-state index in [1.165, 1.54) is 12.1 Å². The van der Waals surface area contributed by atoms with Crippen molar-refractivity contribution in [1.29, 1.82) is 0 Å². The molecule has 0 aliphatic rings. The number of carbonyl (C=O) groups is 1. The van der Waals surface area contributed by atoms with Gasteiger partial charge in [-0.25, -0.2) is 9.37 Å². The lowest BCUT2D eigenvalue weighted by Gasteiger charge is -2.05. The van der Waals surface area contributed by atoms with Gasteiger partial charge in [-0.2, -0.15) is 0 Å². The second-order valence-corrected chi connectivity index (χ2v) is 3.92.